The second kappa shape index (κ2) is 5.38. The van der Waals surface area contributed by atoms with Gasteiger partial charge in [0.25, 0.3) is 0 Å². The van der Waals surface area contributed by atoms with Crippen molar-refractivity contribution in [3.8, 4) is 0 Å². The lowest BCUT2D eigenvalue weighted by molar-refractivity contribution is 0.704. The molecule has 1 aromatic rings. The summed E-state index contributed by atoms with van der Waals surface area (Å²) in [7, 11) is 2.14. The summed E-state index contributed by atoms with van der Waals surface area (Å²) in [6, 6.07) is 0. The Morgan fingerprint density at radius 2 is 2.12 bits per heavy atom. The van der Waals surface area contributed by atoms with Crippen LogP contribution in [-0.4, -0.2) is 18.6 Å². The van der Waals surface area contributed by atoms with E-state index in [1.54, 1.807) is 0 Å². The number of unbranched alkanes of at least 4 members (excludes halogenated alkanes) is 2. The first-order chi connectivity index (χ1) is 8.15. The largest absolute Gasteiger partial charge is 0.359 e. The molecule has 17 heavy (non-hydrogen) atoms. The Balaban J connectivity index is 2.28. The maximum Gasteiger partial charge on any atom is 0.132 e. The quantitative estimate of drug-likeness (QED) is 0.784. The van der Waals surface area contributed by atoms with Crippen molar-refractivity contribution < 1.29 is 0 Å². The zero-order valence-corrected chi connectivity index (χ0v) is 12.6. The average molecular weight is 297 g/mol. The van der Waals surface area contributed by atoms with Crippen LogP contribution in [0, 0.1) is 6.92 Å². The molecule has 0 unspecified atom stereocenters. The van der Waals surface area contributed by atoms with Gasteiger partial charge in [-0.15, -0.1) is 0 Å². The second-order valence-corrected chi connectivity index (χ2v) is 5.72. The summed E-state index contributed by atoms with van der Waals surface area (Å²) in [5, 5.41) is 0. The second-order valence-electron chi connectivity index (χ2n) is 4.93. The van der Waals surface area contributed by atoms with Crippen LogP contribution in [0.3, 0.4) is 0 Å². The zero-order valence-electron chi connectivity index (χ0n) is 11.0. The summed E-state index contributed by atoms with van der Waals surface area (Å²) in [4.78, 5) is 7.12. The van der Waals surface area contributed by atoms with Crippen molar-refractivity contribution in [2.24, 2.45) is 0 Å². The van der Waals surface area contributed by atoms with Crippen LogP contribution in [-0.2, 0) is 12.8 Å². The van der Waals surface area contributed by atoms with E-state index in [9.17, 15) is 0 Å². The molecule has 0 spiro atoms. The molecular weight excluding hydrogens is 276 g/mol. The van der Waals surface area contributed by atoms with Gasteiger partial charge in [-0.1, -0.05) is 19.8 Å². The number of aromatic nitrogens is 1. The van der Waals surface area contributed by atoms with Gasteiger partial charge in [-0.3, -0.25) is 0 Å². The number of hydrogen-bond acceptors (Lipinski definition) is 2. The molecule has 1 aliphatic rings. The van der Waals surface area contributed by atoms with Crippen LogP contribution in [0.5, 0.6) is 0 Å². The Morgan fingerprint density at radius 1 is 1.35 bits per heavy atom. The molecule has 94 valence electrons. The van der Waals surface area contributed by atoms with Gasteiger partial charge in [0, 0.05) is 23.6 Å². The van der Waals surface area contributed by atoms with E-state index in [4.69, 9.17) is 4.98 Å². The lowest BCUT2D eigenvalue weighted by Crippen LogP contribution is -2.14. The number of nitrogens with zero attached hydrogens (tertiary/aromatic N) is 2. The number of likely N-dealkylation sites (N-methyl/N-ethyl adjacent to an activating group) is 1. The van der Waals surface area contributed by atoms with E-state index < -0.39 is 0 Å². The molecule has 0 aliphatic carbocycles. The van der Waals surface area contributed by atoms with E-state index in [1.165, 1.54) is 46.4 Å². The fraction of sp³-hybridized carbons (Fsp3) is 0.643. The minimum absolute atomic E-state index is 1.09. The van der Waals surface area contributed by atoms with Gasteiger partial charge in [-0.2, -0.15) is 0 Å². The summed E-state index contributed by atoms with van der Waals surface area (Å²) in [5.74, 6) is 1.21. The molecule has 0 saturated carbocycles. The molecular formula is C14H21BrN2. The van der Waals surface area contributed by atoms with Gasteiger partial charge in [0.15, 0.2) is 0 Å². The van der Waals surface area contributed by atoms with Crippen molar-refractivity contribution in [1.82, 2.24) is 4.98 Å². The van der Waals surface area contributed by atoms with Gasteiger partial charge < -0.3 is 4.90 Å². The lowest BCUT2D eigenvalue weighted by atomic mass is 10.1. The maximum absolute atomic E-state index is 4.85. The average Bonchev–Trinajstić information content (AvgIpc) is 2.68. The Hall–Kier alpha value is -0.570. The molecule has 0 amide bonds. The first-order valence-corrected chi connectivity index (χ1v) is 7.33. The van der Waals surface area contributed by atoms with Crippen LogP contribution in [0.25, 0.3) is 0 Å². The zero-order chi connectivity index (χ0) is 12.4. The fourth-order valence-electron chi connectivity index (χ4n) is 2.47. The van der Waals surface area contributed by atoms with Crippen molar-refractivity contribution in [2.75, 3.05) is 18.5 Å². The summed E-state index contributed by atoms with van der Waals surface area (Å²) < 4.78 is 1.24. The molecule has 0 aromatic carbocycles. The molecule has 0 radical (unpaired) electrons. The highest BCUT2D eigenvalue weighted by Gasteiger charge is 2.22. The smallest absolute Gasteiger partial charge is 0.132 e. The number of fused-ring (bicyclic) bond motifs is 1. The predicted octanol–water partition coefficient (Wildman–Crippen LogP) is 3.88. The van der Waals surface area contributed by atoms with Gasteiger partial charge in [-0.25, -0.2) is 4.98 Å². The Kier molecular flexibility index (Phi) is 4.08. The third-order valence-corrected chi connectivity index (χ3v) is 4.67. The van der Waals surface area contributed by atoms with Crippen LogP contribution in [0.1, 0.15) is 43.0 Å². The van der Waals surface area contributed by atoms with E-state index in [2.05, 4.69) is 41.7 Å². The van der Waals surface area contributed by atoms with E-state index >= 15 is 0 Å². The molecule has 2 nitrogen and oxygen atoms in total. The van der Waals surface area contributed by atoms with Crippen molar-refractivity contribution >= 4 is 21.7 Å². The normalized spacial score (nSPS) is 14.2. The van der Waals surface area contributed by atoms with E-state index in [0.29, 0.717) is 0 Å². The number of pyridine rings is 1. The fourth-order valence-corrected chi connectivity index (χ4v) is 3.00. The predicted molar refractivity (Wildman–Crippen MR) is 76.9 cm³/mol. The highest BCUT2D eigenvalue weighted by atomic mass is 79.9. The van der Waals surface area contributed by atoms with Gasteiger partial charge in [0.05, 0.1) is 5.69 Å². The van der Waals surface area contributed by atoms with Crippen LogP contribution < -0.4 is 4.90 Å². The van der Waals surface area contributed by atoms with Gasteiger partial charge in [0.1, 0.15) is 5.82 Å². The molecule has 0 saturated heterocycles. The van der Waals surface area contributed by atoms with Crippen LogP contribution >= 0.6 is 15.9 Å². The number of rotatable bonds is 4. The maximum atomic E-state index is 4.85. The highest BCUT2D eigenvalue weighted by molar-refractivity contribution is 9.10. The summed E-state index contributed by atoms with van der Waals surface area (Å²) >= 11 is 3.72. The number of hydrogen-bond donors (Lipinski definition) is 0. The molecule has 2 rings (SSSR count). The molecule has 0 fully saturated rings. The third kappa shape index (κ3) is 2.49. The Morgan fingerprint density at radius 3 is 2.82 bits per heavy atom. The van der Waals surface area contributed by atoms with Crippen LogP contribution in [0.2, 0.25) is 0 Å². The van der Waals surface area contributed by atoms with E-state index in [1.807, 2.05) is 0 Å². The molecule has 0 bridgehead atoms. The number of halogens is 1. The SMILES string of the molecule is CCCCCc1nc2c(c(C)c1Br)CCN2C. The molecule has 0 N–H and O–H groups in total. The first kappa shape index (κ1) is 12.9. The number of aryl methyl sites for hydroxylation is 1. The van der Waals surface area contributed by atoms with Crippen LogP contribution in [0.4, 0.5) is 5.82 Å². The molecule has 0 atom stereocenters. The Bertz CT molecular complexity index is 415. The standard InChI is InChI=1S/C14H21BrN2/c1-4-5-6-7-12-13(15)10(2)11-8-9-17(3)14(11)16-12/h4-9H2,1-3H3. The van der Waals surface area contributed by atoms with E-state index in [0.717, 1.165) is 19.4 Å². The van der Waals surface area contributed by atoms with Crippen molar-refractivity contribution in [2.45, 2.75) is 46.0 Å². The van der Waals surface area contributed by atoms with Gasteiger partial charge in [-0.05, 0) is 47.7 Å². The highest BCUT2D eigenvalue weighted by Crippen LogP contribution is 2.34. The molecule has 2 heterocycles. The van der Waals surface area contributed by atoms with Gasteiger partial charge >= 0.3 is 0 Å². The topological polar surface area (TPSA) is 16.1 Å². The van der Waals surface area contributed by atoms with Crippen molar-refractivity contribution in [1.29, 1.82) is 0 Å². The minimum Gasteiger partial charge on any atom is -0.359 e. The van der Waals surface area contributed by atoms with E-state index in [-0.39, 0.29) is 0 Å². The summed E-state index contributed by atoms with van der Waals surface area (Å²) in [5.41, 5.74) is 4.06. The Labute approximate surface area is 113 Å². The molecule has 3 heteroatoms. The molecule has 1 aliphatic heterocycles. The van der Waals surface area contributed by atoms with Crippen LogP contribution in [0.15, 0.2) is 4.47 Å². The first-order valence-electron chi connectivity index (χ1n) is 6.54. The molecule has 1 aromatic heterocycles. The monoisotopic (exact) mass is 296 g/mol. The summed E-state index contributed by atoms with van der Waals surface area (Å²) in [6.07, 6.45) is 6.03. The summed E-state index contributed by atoms with van der Waals surface area (Å²) in [6.45, 7) is 5.56. The van der Waals surface area contributed by atoms with Gasteiger partial charge in [0.2, 0.25) is 0 Å². The van der Waals surface area contributed by atoms with Crippen molar-refractivity contribution in [3.63, 3.8) is 0 Å². The lowest BCUT2D eigenvalue weighted by Gasteiger charge is -2.15. The number of anilines is 1. The van der Waals surface area contributed by atoms with Crippen molar-refractivity contribution in [3.05, 3.63) is 21.3 Å². The minimum atomic E-state index is 1.09. The third-order valence-electron chi connectivity index (χ3n) is 3.62.